The highest BCUT2D eigenvalue weighted by Gasteiger charge is 2.29. The zero-order chi connectivity index (χ0) is 22.6. The second kappa shape index (κ2) is 9.74. The van der Waals surface area contributed by atoms with Gasteiger partial charge in [-0.05, 0) is 56.1 Å². The number of amides is 1. The summed E-state index contributed by atoms with van der Waals surface area (Å²) in [6, 6.07) is 9.48. The van der Waals surface area contributed by atoms with Gasteiger partial charge in [-0.1, -0.05) is 24.3 Å². The third-order valence-electron chi connectivity index (χ3n) is 5.34. The molecule has 1 aliphatic rings. The van der Waals surface area contributed by atoms with E-state index < -0.39 is 33.6 Å². The van der Waals surface area contributed by atoms with Crippen LogP contribution in [0.2, 0.25) is 0 Å². The van der Waals surface area contributed by atoms with Crippen molar-refractivity contribution in [2.24, 2.45) is 0 Å². The molecule has 0 bridgehead atoms. The van der Waals surface area contributed by atoms with Crippen LogP contribution >= 0.6 is 0 Å². The van der Waals surface area contributed by atoms with E-state index in [2.05, 4.69) is 10.2 Å². The fourth-order valence-electron chi connectivity index (χ4n) is 3.73. The summed E-state index contributed by atoms with van der Waals surface area (Å²) in [6.07, 6.45) is 3.38. The van der Waals surface area contributed by atoms with Crippen molar-refractivity contribution in [2.45, 2.75) is 38.9 Å². The Balaban J connectivity index is 1.64. The molecule has 1 atom stereocenters. The van der Waals surface area contributed by atoms with E-state index in [1.54, 1.807) is 0 Å². The van der Waals surface area contributed by atoms with Gasteiger partial charge in [0.1, 0.15) is 6.04 Å². The summed E-state index contributed by atoms with van der Waals surface area (Å²) in [5.74, 6) is -2.83. The molecule has 6 nitrogen and oxygen atoms in total. The summed E-state index contributed by atoms with van der Waals surface area (Å²) in [4.78, 5) is 15.0. The van der Waals surface area contributed by atoms with Crippen LogP contribution in [0.5, 0.6) is 0 Å². The highest BCUT2D eigenvalue weighted by atomic mass is 32.2. The molecule has 1 saturated heterocycles. The number of hydrogen-bond donors (Lipinski definition) is 1. The molecule has 168 valence electrons. The lowest BCUT2D eigenvalue weighted by molar-refractivity contribution is -0.122. The first-order valence-electron chi connectivity index (χ1n) is 10.2. The molecule has 2 aromatic carbocycles. The number of anilines is 1. The van der Waals surface area contributed by atoms with Crippen LogP contribution in [0, 0.1) is 11.6 Å². The van der Waals surface area contributed by atoms with Crippen LogP contribution in [0.15, 0.2) is 42.5 Å². The third-order valence-corrected chi connectivity index (χ3v) is 6.58. The van der Waals surface area contributed by atoms with Gasteiger partial charge in [0, 0.05) is 19.2 Å². The van der Waals surface area contributed by atoms with Crippen LogP contribution in [0.25, 0.3) is 0 Å². The van der Waals surface area contributed by atoms with Gasteiger partial charge in [0.25, 0.3) is 0 Å². The molecule has 1 aliphatic heterocycles. The number of nitrogens with one attached hydrogen (secondary N) is 1. The summed E-state index contributed by atoms with van der Waals surface area (Å²) in [5.41, 5.74) is 1.96. The molecule has 0 unspecified atom stereocenters. The number of nitrogens with zero attached hydrogens (tertiary/aromatic N) is 2. The molecule has 2 aromatic rings. The number of halogens is 2. The van der Waals surface area contributed by atoms with E-state index >= 15 is 0 Å². The molecular formula is C22H27F2N3O3S. The molecule has 3 rings (SSSR count). The highest BCUT2D eigenvalue weighted by molar-refractivity contribution is 7.92. The molecule has 1 fully saturated rings. The number of sulfonamides is 1. The van der Waals surface area contributed by atoms with Crippen LogP contribution in [0.1, 0.15) is 30.9 Å². The molecule has 1 N–H and O–H groups in total. The van der Waals surface area contributed by atoms with E-state index in [4.69, 9.17) is 0 Å². The largest absolute Gasteiger partial charge is 0.350 e. The molecule has 9 heteroatoms. The zero-order valence-electron chi connectivity index (χ0n) is 17.6. The quantitative estimate of drug-likeness (QED) is 0.670. The van der Waals surface area contributed by atoms with Crippen molar-refractivity contribution in [3.8, 4) is 0 Å². The minimum atomic E-state index is -3.91. The Morgan fingerprint density at radius 2 is 1.68 bits per heavy atom. The lowest BCUT2D eigenvalue weighted by atomic mass is 10.1. The summed E-state index contributed by atoms with van der Waals surface area (Å²) in [7, 11) is -3.91. The minimum absolute atomic E-state index is 0.115. The van der Waals surface area contributed by atoms with Crippen molar-refractivity contribution in [3.05, 3.63) is 65.2 Å². The first-order chi connectivity index (χ1) is 14.6. The van der Waals surface area contributed by atoms with Crippen LogP contribution in [-0.4, -0.2) is 44.6 Å². The van der Waals surface area contributed by atoms with E-state index in [-0.39, 0.29) is 12.2 Å². The molecule has 1 heterocycles. The van der Waals surface area contributed by atoms with Crippen molar-refractivity contribution in [2.75, 3.05) is 23.7 Å². The SMILES string of the molecule is C[C@@H](C(=O)NCc1ccc(CN2CCCC2)cc1)N(c1ccc(F)c(F)c1)S(C)(=O)=O. The average molecular weight is 452 g/mol. The lowest BCUT2D eigenvalue weighted by Crippen LogP contribution is -2.47. The summed E-state index contributed by atoms with van der Waals surface area (Å²) in [5, 5.41) is 2.72. The maximum atomic E-state index is 13.6. The molecule has 0 aromatic heterocycles. The number of rotatable bonds is 8. The Morgan fingerprint density at radius 3 is 2.26 bits per heavy atom. The molecule has 0 spiro atoms. The number of likely N-dealkylation sites (tertiary alicyclic amines) is 1. The second-order valence-corrected chi connectivity index (χ2v) is 9.71. The Kier molecular flexibility index (Phi) is 7.27. The first-order valence-corrected chi connectivity index (χ1v) is 12.0. The Bertz CT molecular complexity index is 1020. The summed E-state index contributed by atoms with van der Waals surface area (Å²) < 4.78 is 52.2. The smallest absolute Gasteiger partial charge is 0.243 e. The predicted octanol–water partition coefficient (Wildman–Crippen LogP) is 3.03. The Hall–Kier alpha value is -2.52. The topological polar surface area (TPSA) is 69.7 Å². The Labute approximate surface area is 181 Å². The van der Waals surface area contributed by atoms with Gasteiger partial charge in [0.2, 0.25) is 15.9 Å². The number of benzene rings is 2. The lowest BCUT2D eigenvalue weighted by Gasteiger charge is -2.28. The normalized spacial score (nSPS) is 15.6. The van der Waals surface area contributed by atoms with Gasteiger partial charge in [-0.3, -0.25) is 14.0 Å². The molecule has 31 heavy (non-hydrogen) atoms. The van der Waals surface area contributed by atoms with Crippen LogP contribution in [-0.2, 0) is 27.9 Å². The van der Waals surface area contributed by atoms with Gasteiger partial charge in [-0.2, -0.15) is 0 Å². The summed E-state index contributed by atoms with van der Waals surface area (Å²) >= 11 is 0. The molecule has 0 aliphatic carbocycles. The number of hydrogen-bond acceptors (Lipinski definition) is 4. The average Bonchev–Trinajstić information content (AvgIpc) is 3.22. The monoisotopic (exact) mass is 451 g/mol. The van der Waals surface area contributed by atoms with Crippen LogP contribution in [0.3, 0.4) is 0 Å². The van der Waals surface area contributed by atoms with Gasteiger partial charge >= 0.3 is 0 Å². The van der Waals surface area contributed by atoms with Crippen molar-refractivity contribution >= 4 is 21.6 Å². The fraction of sp³-hybridized carbons (Fsp3) is 0.409. The first kappa shape index (κ1) is 23.1. The van der Waals surface area contributed by atoms with Crippen molar-refractivity contribution in [3.63, 3.8) is 0 Å². The van der Waals surface area contributed by atoms with Crippen molar-refractivity contribution in [1.29, 1.82) is 0 Å². The van der Waals surface area contributed by atoms with Crippen LogP contribution < -0.4 is 9.62 Å². The zero-order valence-corrected chi connectivity index (χ0v) is 18.5. The molecule has 0 saturated carbocycles. The number of carbonyl (C=O) groups excluding carboxylic acids is 1. The van der Waals surface area contributed by atoms with Crippen molar-refractivity contribution < 1.29 is 22.0 Å². The van der Waals surface area contributed by atoms with E-state index in [1.165, 1.54) is 25.3 Å². The number of carbonyl (C=O) groups is 1. The van der Waals surface area contributed by atoms with E-state index in [0.717, 1.165) is 54.0 Å². The van der Waals surface area contributed by atoms with E-state index in [1.807, 2.05) is 24.3 Å². The molecule has 0 radical (unpaired) electrons. The third kappa shape index (κ3) is 6.01. The maximum Gasteiger partial charge on any atom is 0.243 e. The molecule has 1 amide bonds. The standard InChI is InChI=1S/C22H27F2N3O3S/c1-16(27(31(2,29)30)19-9-10-20(23)21(24)13-19)22(28)25-14-17-5-7-18(8-6-17)15-26-11-3-4-12-26/h5-10,13,16H,3-4,11-12,14-15H2,1-2H3,(H,25,28)/t16-/m0/s1. The Morgan fingerprint density at radius 1 is 1.06 bits per heavy atom. The second-order valence-electron chi connectivity index (χ2n) is 7.85. The fourth-order valence-corrected chi connectivity index (χ4v) is 4.90. The van der Waals surface area contributed by atoms with Gasteiger partial charge in [-0.25, -0.2) is 17.2 Å². The highest BCUT2D eigenvalue weighted by Crippen LogP contribution is 2.23. The van der Waals surface area contributed by atoms with Gasteiger partial charge in [-0.15, -0.1) is 0 Å². The van der Waals surface area contributed by atoms with Gasteiger partial charge in [0.15, 0.2) is 11.6 Å². The predicted molar refractivity (Wildman–Crippen MR) is 116 cm³/mol. The summed E-state index contributed by atoms with van der Waals surface area (Å²) in [6.45, 7) is 4.76. The molecular weight excluding hydrogens is 424 g/mol. The van der Waals surface area contributed by atoms with Crippen LogP contribution in [0.4, 0.5) is 14.5 Å². The van der Waals surface area contributed by atoms with E-state index in [0.29, 0.717) is 0 Å². The van der Waals surface area contributed by atoms with E-state index in [9.17, 15) is 22.0 Å². The maximum absolute atomic E-state index is 13.6. The minimum Gasteiger partial charge on any atom is -0.350 e. The van der Waals surface area contributed by atoms with Gasteiger partial charge in [0.05, 0.1) is 11.9 Å². The van der Waals surface area contributed by atoms with Gasteiger partial charge < -0.3 is 5.32 Å². The van der Waals surface area contributed by atoms with Crippen molar-refractivity contribution in [1.82, 2.24) is 10.2 Å².